The summed E-state index contributed by atoms with van der Waals surface area (Å²) in [5, 5.41) is 5.03. The van der Waals surface area contributed by atoms with Crippen LogP contribution in [0.5, 0.6) is 0 Å². The fourth-order valence-corrected chi connectivity index (χ4v) is 6.95. The molecule has 206 valence electrons. The topological polar surface area (TPSA) is 9.86 Å². The van der Waals surface area contributed by atoms with Crippen molar-refractivity contribution in [1.29, 1.82) is 0 Å². The van der Waals surface area contributed by atoms with Gasteiger partial charge >= 0.3 is 0 Å². The molecule has 9 aromatic rings. The molecule has 2 heterocycles. The Morgan fingerprint density at radius 3 is 1.43 bits per heavy atom. The SMILES string of the molecule is c1ccc(-c2ccc(-c3ccccc3)c(-n3c4ccccc4c4cc(-n5c6ccccc6c6ccccc65)ccc43)c2)cc1. The molecule has 0 bridgehead atoms. The van der Waals surface area contributed by atoms with Gasteiger partial charge in [0.25, 0.3) is 0 Å². The lowest BCUT2D eigenvalue weighted by atomic mass is 9.98. The molecule has 2 nitrogen and oxygen atoms in total. The van der Waals surface area contributed by atoms with E-state index in [1.807, 2.05) is 0 Å². The minimum absolute atomic E-state index is 1.17. The molecular formula is C42H28N2. The standard InChI is InChI=1S/C42H28N2/c1-3-13-29(14-4-1)31-23-25-33(30-15-5-2-6-16-30)42(27-31)44-40-22-12-9-19-36(40)37-28-32(24-26-41(37)44)43-38-20-10-7-17-34(38)35-18-8-11-21-39(35)43/h1-28H. The average Bonchev–Trinajstić information content (AvgIpc) is 3.61. The lowest BCUT2D eigenvalue weighted by Gasteiger charge is -2.16. The van der Waals surface area contributed by atoms with E-state index < -0.39 is 0 Å². The second kappa shape index (κ2) is 9.86. The number of benzene rings is 7. The molecule has 0 aliphatic carbocycles. The van der Waals surface area contributed by atoms with Crippen LogP contribution in [0.15, 0.2) is 170 Å². The fourth-order valence-electron chi connectivity index (χ4n) is 6.95. The summed E-state index contributed by atoms with van der Waals surface area (Å²) >= 11 is 0. The molecule has 44 heavy (non-hydrogen) atoms. The Hall–Kier alpha value is -5.86. The minimum Gasteiger partial charge on any atom is -0.309 e. The van der Waals surface area contributed by atoms with Gasteiger partial charge in [-0.25, -0.2) is 0 Å². The molecule has 0 atom stereocenters. The number of aromatic nitrogens is 2. The Morgan fingerprint density at radius 2 is 0.795 bits per heavy atom. The van der Waals surface area contributed by atoms with E-state index in [4.69, 9.17) is 0 Å². The third kappa shape index (κ3) is 3.75. The van der Waals surface area contributed by atoms with E-state index in [1.165, 1.54) is 77.2 Å². The molecule has 2 heteroatoms. The normalized spacial score (nSPS) is 11.6. The van der Waals surface area contributed by atoms with Crippen LogP contribution in [-0.4, -0.2) is 9.13 Å². The van der Waals surface area contributed by atoms with E-state index in [0.717, 1.165) is 0 Å². The van der Waals surface area contributed by atoms with Gasteiger partial charge in [0.1, 0.15) is 0 Å². The van der Waals surface area contributed by atoms with E-state index in [0.29, 0.717) is 0 Å². The Bertz CT molecular complexity index is 2430. The van der Waals surface area contributed by atoms with Crippen LogP contribution in [0.25, 0.3) is 77.2 Å². The highest BCUT2D eigenvalue weighted by atomic mass is 15.0. The van der Waals surface area contributed by atoms with Crippen LogP contribution in [0, 0.1) is 0 Å². The Morgan fingerprint density at radius 1 is 0.295 bits per heavy atom. The summed E-state index contributed by atoms with van der Waals surface area (Å²) in [6.45, 7) is 0. The molecule has 0 amide bonds. The molecular weight excluding hydrogens is 532 g/mol. The highest BCUT2D eigenvalue weighted by Gasteiger charge is 2.18. The van der Waals surface area contributed by atoms with E-state index in [-0.39, 0.29) is 0 Å². The summed E-state index contributed by atoms with van der Waals surface area (Å²) in [5.41, 5.74) is 12.0. The number of para-hydroxylation sites is 3. The predicted molar refractivity (Wildman–Crippen MR) is 186 cm³/mol. The van der Waals surface area contributed by atoms with Gasteiger partial charge in [-0.1, -0.05) is 127 Å². The van der Waals surface area contributed by atoms with Gasteiger partial charge in [0.05, 0.1) is 27.8 Å². The highest BCUT2D eigenvalue weighted by molar-refractivity contribution is 6.12. The van der Waals surface area contributed by atoms with Crippen LogP contribution in [0.4, 0.5) is 0 Å². The molecule has 0 fully saturated rings. The van der Waals surface area contributed by atoms with E-state index in [2.05, 4.69) is 179 Å². The van der Waals surface area contributed by atoms with Crippen molar-refractivity contribution in [2.24, 2.45) is 0 Å². The van der Waals surface area contributed by atoms with Gasteiger partial charge < -0.3 is 9.13 Å². The molecule has 0 aliphatic heterocycles. The van der Waals surface area contributed by atoms with Crippen molar-refractivity contribution < 1.29 is 0 Å². The maximum atomic E-state index is 2.45. The van der Waals surface area contributed by atoms with Crippen molar-refractivity contribution in [3.8, 4) is 33.6 Å². The Balaban J connectivity index is 1.35. The van der Waals surface area contributed by atoms with Crippen LogP contribution < -0.4 is 0 Å². The lowest BCUT2D eigenvalue weighted by Crippen LogP contribution is -1.99. The summed E-state index contributed by atoms with van der Waals surface area (Å²) in [6, 6.07) is 61.4. The summed E-state index contributed by atoms with van der Waals surface area (Å²) in [7, 11) is 0. The molecule has 0 spiro atoms. The monoisotopic (exact) mass is 560 g/mol. The van der Waals surface area contributed by atoms with Crippen molar-refractivity contribution in [2.75, 3.05) is 0 Å². The van der Waals surface area contributed by atoms with Crippen molar-refractivity contribution >= 4 is 43.6 Å². The van der Waals surface area contributed by atoms with Crippen LogP contribution in [0.1, 0.15) is 0 Å². The van der Waals surface area contributed by atoms with Crippen LogP contribution in [0.3, 0.4) is 0 Å². The number of nitrogens with zero attached hydrogens (tertiary/aromatic N) is 2. The molecule has 2 aromatic heterocycles. The van der Waals surface area contributed by atoms with Crippen molar-refractivity contribution in [2.45, 2.75) is 0 Å². The zero-order chi connectivity index (χ0) is 29.0. The average molecular weight is 561 g/mol. The van der Waals surface area contributed by atoms with E-state index in [1.54, 1.807) is 0 Å². The zero-order valence-electron chi connectivity index (χ0n) is 24.1. The molecule has 0 radical (unpaired) electrons. The maximum Gasteiger partial charge on any atom is 0.0546 e. The molecule has 0 saturated heterocycles. The predicted octanol–water partition coefficient (Wildman–Crippen LogP) is 11.2. The lowest BCUT2D eigenvalue weighted by molar-refractivity contribution is 1.17. The first-order valence-electron chi connectivity index (χ1n) is 15.1. The quantitative estimate of drug-likeness (QED) is 0.203. The smallest absolute Gasteiger partial charge is 0.0546 e. The largest absolute Gasteiger partial charge is 0.309 e. The van der Waals surface area contributed by atoms with Gasteiger partial charge in [0.2, 0.25) is 0 Å². The molecule has 0 aliphatic rings. The van der Waals surface area contributed by atoms with Gasteiger partial charge in [-0.3, -0.25) is 0 Å². The van der Waals surface area contributed by atoms with Gasteiger partial charge in [-0.15, -0.1) is 0 Å². The van der Waals surface area contributed by atoms with Crippen molar-refractivity contribution in [3.63, 3.8) is 0 Å². The van der Waals surface area contributed by atoms with Gasteiger partial charge in [-0.2, -0.15) is 0 Å². The van der Waals surface area contributed by atoms with Gasteiger partial charge in [-0.05, 0) is 59.2 Å². The number of hydrogen-bond donors (Lipinski definition) is 0. The third-order valence-electron chi connectivity index (χ3n) is 8.92. The van der Waals surface area contributed by atoms with E-state index in [9.17, 15) is 0 Å². The van der Waals surface area contributed by atoms with Gasteiger partial charge in [0, 0.05) is 32.8 Å². The highest BCUT2D eigenvalue weighted by Crippen LogP contribution is 2.40. The molecule has 7 aromatic carbocycles. The summed E-state index contributed by atoms with van der Waals surface area (Å²) < 4.78 is 4.86. The Labute approximate surface area is 255 Å². The van der Waals surface area contributed by atoms with Crippen LogP contribution in [0.2, 0.25) is 0 Å². The first kappa shape index (κ1) is 24.7. The van der Waals surface area contributed by atoms with Crippen LogP contribution >= 0.6 is 0 Å². The molecule has 0 N–H and O–H groups in total. The van der Waals surface area contributed by atoms with E-state index >= 15 is 0 Å². The molecule has 0 saturated carbocycles. The van der Waals surface area contributed by atoms with Gasteiger partial charge in [0.15, 0.2) is 0 Å². The first-order chi connectivity index (χ1) is 21.8. The minimum atomic E-state index is 1.17. The number of fused-ring (bicyclic) bond motifs is 6. The zero-order valence-corrected chi connectivity index (χ0v) is 24.1. The summed E-state index contributed by atoms with van der Waals surface area (Å²) in [4.78, 5) is 0. The van der Waals surface area contributed by atoms with Crippen molar-refractivity contribution in [1.82, 2.24) is 9.13 Å². The molecule has 0 unspecified atom stereocenters. The second-order valence-electron chi connectivity index (χ2n) is 11.4. The third-order valence-corrected chi connectivity index (χ3v) is 8.92. The number of hydrogen-bond acceptors (Lipinski definition) is 0. The summed E-state index contributed by atoms with van der Waals surface area (Å²) in [5.74, 6) is 0. The van der Waals surface area contributed by atoms with Crippen LogP contribution in [-0.2, 0) is 0 Å². The summed E-state index contributed by atoms with van der Waals surface area (Å²) in [6.07, 6.45) is 0. The first-order valence-corrected chi connectivity index (χ1v) is 15.1. The number of rotatable bonds is 4. The van der Waals surface area contributed by atoms with Crippen molar-refractivity contribution in [3.05, 3.63) is 170 Å². The fraction of sp³-hybridized carbons (Fsp3) is 0. The second-order valence-corrected chi connectivity index (χ2v) is 11.4. The Kier molecular flexibility index (Phi) is 5.54. The maximum absolute atomic E-state index is 2.45. The molecule has 9 rings (SSSR count).